The van der Waals surface area contributed by atoms with Crippen molar-refractivity contribution >= 4 is 62.9 Å². The lowest BCUT2D eigenvalue weighted by Crippen LogP contribution is -2.49. The van der Waals surface area contributed by atoms with Crippen LogP contribution in [0.5, 0.6) is 5.75 Å². The van der Waals surface area contributed by atoms with E-state index in [2.05, 4.69) is 22.2 Å². The van der Waals surface area contributed by atoms with E-state index in [1.807, 2.05) is 4.90 Å². The summed E-state index contributed by atoms with van der Waals surface area (Å²) in [4.78, 5) is 44.1. The van der Waals surface area contributed by atoms with Gasteiger partial charge in [0.1, 0.15) is 10.7 Å². The highest BCUT2D eigenvalue weighted by atomic mass is 35.5. The smallest absolute Gasteiger partial charge is 0.267 e. The van der Waals surface area contributed by atoms with Crippen molar-refractivity contribution in [2.45, 2.75) is 12.3 Å². The molecule has 2 amide bonds. The van der Waals surface area contributed by atoms with Crippen LogP contribution in [0.15, 0.2) is 61.4 Å². The highest BCUT2D eigenvalue weighted by molar-refractivity contribution is 7.17. The third-order valence-electron chi connectivity index (χ3n) is 7.95. The summed E-state index contributed by atoms with van der Waals surface area (Å²) in [6, 6.07) is 9.30. The van der Waals surface area contributed by atoms with Crippen LogP contribution in [0, 0.1) is 5.82 Å². The third-order valence-corrected chi connectivity index (χ3v) is 9.18. The SMILES string of the molecule is C=CC(=O)N1CCN(c2ncc(-c3ccc(OC)c(Nc4ncc(C(=O)Nc5c(F)cccc5Cl)s4)n3)cc2N2CCC(F)(F)C2)CC1. The van der Waals surface area contributed by atoms with Gasteiger partial charge in [-0.25, -0.2) is 28.1 Å². The standard InChI is InChI=1S/C32H30ClF3N8O3S/c1-3-26(45)42-11-13-43(14-12-42)29-23(44-10-9-32(35,36)18-44)15-19(16-37-29)22-7-8-24(47-2)28(39-22)41-31-38-17-25(48-31)30(46)40-27-20(33)5-4-6-21(27)34/h3-8,15-17H,1,9-14,18H2,2H3,(H,40,46)(H,38,39,41). The average Bonchev–Trinajstić information content (AvgIpc) is 3.71. The van der Waals surface area contributed by atoms with E-state index in [-0.39, 0.29) is 40.3 Å². The lowest BCUT2D eigenvalue weighted by atomic mass is 10.1. The molecule has 16 heteroatoms. The first kappa shape index (κ1) is 33.0. The van der Waals surface area contributed by atoms with E-state index in [1.165, 1.54) is 37.6 Å². The maximum Gasteiger partial charge on any atom is 0.267 e. The molecule has 2 saturated heterocycles. The van der Waals surface area contributed by atoms with Gasteiger partial charge in [-0.3, -0.25) is 9.59 Å². The summed E-state index contributed by atoms with van der Waals surface area (Å²) in [6.07, 6.45) is 3.97. The molecule has 0 bridgehead atoms. The molecule has 0 radical (unpaired) electrons. The van der Waals surface area contributed by atoms with Gasteiger partial charge in [0.15, 0.2) is 22.5 Å². The summed E-state index contributed by atoms with van der Waals surface area (Å²) in [7, 11) is 1.48. The summed E-state index contributed by atoms with van der Waals surface area (Å²) in [5, 5.41) is 5.91. The molecular formula is C32H30ClF3N8O3S. The second-order valence-electron chi connectivity index (χ2n) is 11.1. The number of nitrogens with zero attached hydrogens (tertiary/aromatic N) is 6. The van der Waals surface area contributed by atoms with Gasteiger partial charge in [0.2, 0.25) is 5.91 Å². The Hall–Kier alpha value is -4.89. The summed E-state index contributed by atoms with van der Waals surface area (Å²) >= 11 is 7.05. The normalized spacial score (nSPS) is 15.7. The molecule has 6 rings (SSSR count). The van der Waals surface area contributed by atoms with Crippen LogP contribution >= 0.6 is 22.9 Å². The van der Waals surface area contributed by atoms with Crippen molar-refractivity contribution < 1.29 is 27.5 Å². The minimum absolute atomic E-state index is 0.0590. The first-order valence-electron chi connectivity index (χ1n) is 14.9. The van der Waals surface area contributed by atoms with Crippen molar-refractivity contribution in [3.63, 3.8) is 0 Å². The van der Waals surface area contributed by atoms with E-state index in [1.54, 1.807) is 34.2 Å². The van der Waals surface area contributed by atoms with Gasteiger partial charge in [0.05, 0.1) is 41.9 Å². The molecule has 0 spiro atoms. The maximum absolute atomic E-state index is 14.4. The summed E-state index contributed by atoms with van der Waals surface area (Å²) < 4.78 is 48.4. The molecule has 1 aromatic carbocycles. The molecule has 2 fully saturated rings. The highest BCUT2D eigenvalue weighted by Crippen LogP contribution is 2.39. The van der Waals surface area contributed by atoms with E-state index in [0.29, 0.717) is 59.8 Å². The van der Waals surface area contributed by atoms with Crippen LogP contribution in [0.4, 0.5) is 41.3 Å². The van der Waals surface area contributed by atoms with Gasteiger partial charge < -0.3 is 30.1 Å². The molecular weight excluding hydrogens is 669 g/mol. The zero-order valence-electron chi connectivity index (χ0n) is 25.7. The molecule has 0 unspecified atom stereocenters. The van der Waals surface area contributed by atoms with Gasteiger partial charge in [0.25, 0.3) is 11.8 Å². The van der Waals surface area contributed by atoms with Crippen molar-refractivity contribution in [2.24, 2.45) is 0 Å². The molecule has 3 aromatic heterocycles. The second-order valence-corrected chi connectivity index (χ2v) is 12.5. The number of anilines is 5. The number of methoxy groups -OCH3 is 1. The van der Waals surface area contributed by atoms with Crippen molar-refractivity contribution in [2.75, 3.05) is 66.8 Å². The van der Waals surface area contributed by atoms with Crippen LogP contribution in [-0.4, -0.2) is 84.0 Å². The van der Waals surface area contributed by atoms with Gasteiger partial charge in [-0.15, -0.1) is 0 Å². The fraction of sp³-hybridized carbons (Fsp3) is 0.281. The summed E-state index contributed by atoms with van der Waals surface area (Å²) in [5.74, 6) is -3.03. The number of para-hydroxylation sites is 1. The molecule has 0 aliphatic carbocycles. The number of rotatable bonds is 9. The van der Waals surface area contributed by atoms with Crippen LogP contribution in [0.2, 0.25) is 5.02 Å². The minimum atomic E-state index is -2.83. The zero-order valence-corrected chi connectivity index (χ0v) is 27.3. The number of halogens is 4. The molecule has 5 heterocycles. The lowest BCUT2D eigenvalue weighted by molar-refractivity contribution is -0.126. The minimum Gasteiger partial charge on any atom is -0.493 e. The predicted octanol–water partition coefficient (Wildman–Crippen LogP) is 6.08. The zero-order chi connectivity index (χ0) is 34.0. The second kappa shape index (κ2) is 13.7. The number of piperazine rings is 1. The number of ether oxygens (including phenoxy) is 1. The fourth-order valence-corrected chi connectivity index (χ4v) is 6.38. The number of carbonyl (C=O) groups is 2. The van der Waals surface area contributed by atoms with Crippen LogP contribution in [0.1, 0.15) is 16.1 Å². The first-order chi connectivity index (χ1) is 23.0. The lowest BCUT2D eigenvalue weighted by Gasteiger charge is -2.37. The Morgan fingerprint density at radius 1 is 1.08 bits per heavy atom. The summed E-state index contributed by atoms with van der Waals surface area (Å²) in [6.45, 7) is 5.15. The van der Waals surface area contributed by atoms with Gasteiger partial charge in [0, 0.05) is 50.9 Å². The Bertz CT molecular complexity index is 1850. The van der Waals surface area contributed by atoms with Crippen molar-refractivity contribution in [3.05, 3.63) is 77.2 Å². The number of amides is 2. The molecule has 250 valence electrons. The number of hydrogen-bond donors (Lipinski definition) is 2. The largest absolute Gasteiger partial charge is 0.493 e. The van der Waals surface area contributed by atoms with Gasteiger partial charge in [-0.2, -0.15) is 0 Å². The topological polar surface area (TPSA) is 116 Å². The molecule has 48 heavy (non-hydrogen) atoms. The average molecular weight is 699 g/mol. The Morgan fingerprint density at radius 3 is 2.56 bits per heavy atom. The number of aromatic nitrogens is 3. The van der Waals surface area contributed by atoms with E-state index < -0.39 is 24.2 Å². The molecule has 2 N–H and O–H groups in total. The van der Waals surface area contributed by atoms with Crippen molar-refractivity contribution in [1.29, 1.82) is 0 Å². The number of hydrogen-bond acceptors (Lipinski definition) is 10. The van der Waals surface area contributed by atoms with Crippen LogP contribution in [-0.2, 0) is 4.79 Å². The number of benzene rings is 1. The fourth-order valence-electron chi connectivity index (χ4n) is 5.46. The van der Waals surface area contributed by atoms with Crippen molar-refractivity contribution in [1.82, 2.24) is 19.9 Å². The summed E-state index contributed by atoms with van der Waals surface area (Å²) in [5.41, 5.74) is 1.47. The van der Waals surface area contributed by atoms with Crippen LogP contribution < -0.4 is 25.2 Å². The number of carbonyl (C=O) groups excluding carboxylic acids is 2. The Kier molecular flexibility index (Phi) is 9.42. The Balaban J connectivity index is 1.26. The Morgan fingerprint density at radius 2 is 1.88 bits per heavy atom. The number of pyridine rings is 2. The van der Waals surface area contributed by atoms with E-state index in [4.69, 9.17) is 26.3 Å². The van der Waals surface area contributed by atoms with Gasteiger partial charge in [-0.05, 0) is 36.4 Å². The molecule has 2 aliphatic rings. The predicted molar refractivity (Wildman–Crippen MR) is 180 cm³/mol. The Labute approximate surface area is 283 Å². The maximum atomic E-state index is 14.4. The highest BCUT2D eigenvalue weighted by Gasteiger charge is 2.40. The van der Waals surface area contributed by atoms with Crippen LogP contribution in [0.3, 0.4) is 0 Å². The van der Waals surface area contributed by atoms with Gasteiger partial charge in [-0.1, -0.05) is 35.6 Å². The number of nitrogens with one attached hydrogen (secondary N) is 2. The van der Waals surface area contributed by atoms with E-state index in [9.17, 15) is 22.8 Å². The molecule has 0 atom stereocenters. The molecule has 4 aromatic rings. The van der Waals surface area contributed by atoms with Crippen LogP contribution in [0.25, 0.3) is 11.3 Å². The molecule has 2 aliphatic heterocycles. The number of alkyl halides is 2. The third kappa shape index (κ3) is 7.01. The molecule has 11 nitrogen and oxygen atoms in total. The molecule has 0 saturated carbocycles. The number of thiazole rings is 1. The first-order valence-corrected chi connectivity index (χ1v) is 16.1. The monoisotopic (exact) mass is 698 g/mol. The van der Waals surface area contributed by atoms with Crippen molar-refractivity contribution in [3.8, 4) is 17.0 Å². The quantitative estimate of drug-likeness (QED) is 0.201. The van der Waals surface area contributed by atoms with Gasteiger partial charge >= 0.3 is 0 Å². The van der Waals surface area contributed by atoms with E-state index >= 15 is 0 Å². The van der Waals surface area contributed by atoms with E-state index in [0.717, 1.165) is 11.3 Å².